The Morgan fingerprint density at radius 1 is 0.719 bits per heavy atom. The average molecular weight is 443 g/mol. The van der Waals surface area contributed by atoms with Crippen molar-refractivity contribution in [3.05, 3.63) is 24.3 Å². The van der Waals surface area contributed by atoms with Crippen molar-refractivity contribution in [2.45, 2.75) is 132 Å². The van der Waals surface area contributed by atoms with E-state index in [1.165, 1.54) is 70.6 Å². The zero-order valence-electron chi connectivity index (χ0n) is 23.3. The predicted octanol–water partition coefficient (Wildman–Crippen LogP) is 10.6. The Kier molecular flexibility index (Phi) is 20.0. The molecule has 0 spiro atoms. The van der Waals surface area contributed by atoms with Crippen molar-refractivity contribution >= 4 is 0 Å². The second-order valence-corrected chi connectivity index (χ2v) is 11.0. The summed E-state index contributed by atoms with van der Waals surface area (Å²) in [4.78, 5) is 0. The normalized spacial score (nSPS) is 16.8. The van der Waals surface area contributed by atoms with Crippen LogP contribution in [0.3, 0.4) is 0 Å². The van der Waals surface area contributed by atoms with Gasteiger partial charge in [-0.25, -0.2) is 0 Å². The van der Waals surface area contributed by atoms with E-state index in [1.54, 1.807) is 0 Å². The van der Waals surface area contributed by atoms with Gasteiger partial charge in [-0.05, 0) is 68.6 Å². The van der Waals surface area contributed by atoms with Crippen molar-refractivity contribution in [1.29, 1.82) is 0 Å². The van der Waals surface area contributed by atoms with E-state index in [1.807, 2.05) is 6.92 Å². The molecule has 32 heavy (non-hydrogen) atoms. The van der Waals surface area contributed by atoms with Crippen molar-refractivity contribution in [2.24, 2.45) is 35.5 Å². The lowest BCUT2D eigenvalue weighted by atomic mass is 9.80. The largest absolute Gasteiger partial charge is 0.107 e. The molecule has 5 atom stereocenters. The van der Waals surface area contributed by atoms with Crippen LogP contribution in [0.1, 0.15) is 132 Å². The smallest absolute Gasteiger partial charge is 0.0114 e. The van der Waals surface area contributed by atoms with Gasteiger partial charge in [-0.3, -0.25) is 0 Å². The quantitative estimate of drug-likeness (QED) is 0.106. The van der Waals surface area contributed by atoms with Crippen molar-refractivity contribution in [3.63, 3.8) is 0 Å². The van der Waals surface area contributed by atoms with E-state index in [4.69, 9.17) is 0 Å². The fourth-order valence-corrected chi connectivity index (χ4v) is 4.84. The molecule has 0 amide bonds. The van der Waals surface area contributed by atoms with Crippen LogP contribution in [0, 0.1) is 47.3 Å². The molecule has 0 aliphatic heterocycles. The Balaban J connectivity index is 4.47. The van der Waals surface area contributed by atoms with Gasteiger partial charge >= 0.3 is 0 Å². The van der Waals surface area contributed by atoms with Crippen LogP contribution < -0.4 is 0 Å². The third-order valence-corrected chi connectivity index (χ3v) is 7.52. The van der Waals surface area contributed by atoms with Crippen LogP contribution in [0.25, 0.3) is 0 Å². The van der Waals surface area contributed by atoms with Gasteiger partial charge in [-0.15, -0.1) is 11.8 Å². The third kappa shape index (κ3) is 16.6. The minimum absolute atomic E-state index is 0.729. The molecule has 0 aromatic heterocycles. The van der Waals surface area contributed by atoms with E-state index in [9.17, 15) is 0 Å². The zero-order valence-corrected chi connectivity index (χ0v) is 23.3. The minimum atomic E-state index is 0.729. The van der Waals surface area contributed by atoms with E-state index >= 15 is 0 Å². The second kappa shape index (κ2) is 20.6. The van der Waals surface area contributed by atoms with Gasteiger partial charge in [0.2, 0.25) is 0 Å². The topological polar surface area (TPSA) is 0 Å². The first-order chi connectivity index (χ1) is 15.3. The molecule has 0 N–H and O–H groups in total. The fraction of sp³-hybridized carbons (Fsp3) is 0.812. The molecule has 0 fully saturated rings. The predicted molar refractivity (Wildman–Crippen MR) is 148 cm³/mol. The van der Waals surface area contributed by atoms with Gasteiger partial charge in [0, 0.05) is 6.42 Å². The molecule has 0 saturated heterocycles. The molecule has 0 aromatic rings. The molecule has 0 radical (unpaired) electrons. The molecule has 0 nitrogen and oxygen atoms in total. The van der Waals surface area contributed by atoms with Gasteiger partial charge < -0.3 is 0 Å². The minimum Gasteiger partial charge on any atom is -0.107 e. The number of rotatable bonds is 19. The SMILES string of the molecule is CC#CCC(C)CCC(C)CCCCC(C)C(C=CC=CC)CCC(CCCC)C(C)C. The van der Waals surface area contributed by atoms with Gasteiger partial charge in [0.1, 0.15) is 0 Å². The van der Waals surface area contributed by atoms with E-state index in [0.29, 0.717) is 0 Å². The molecule has 0 saturated carbocycles. The first kappa shape index (κ1) is 31.0. The van der Waals surface area contributed by atoms with Crippen LogP contribution in [0.2, 0.25) is 0 Å². The maximum Gasteiger partial charge on any atom is 0.0114 e. The summed E-state index contributed by atoms with van der Waals surface area (Å²) in [5, 5.41) is 0. The van der Waals surface area contributed by atoms with Crippen LogP contribution in [0.15, 0.2) is 24.3 Å². The highest BCUT2D eigenvalue weighted by molar-refractivity contribution is 5.04. The van der Waals surface area contributed by atoms with Crippen LogP contribution in [-0.4, -0.2) is 0 Å². The second-order valence-electron chi connectivity index (χ2n) is 11.0. The van der Waals surface area contributed by atoms with Gasteiger partial charge in [0.15, 0.2) is 0 Å². The number of allylic oxidation sites excluding steroid dienone is 4. The molecular formula is C32H58. The van der Waals surface area contributed by atoms with Gasteiger partial charge in [0.05, 0.1) is 0 Å². The standard InChI is InChI=1S/C32H58/c1-9-12-15-22-32(26-25-31(27(4)5)21-14-11-3)30(8)20-17-16-19-29(7)24-23-28(6)18-13-10-2/h9,12,15,22,27-32H,11,14,16-21,23-26H2,1-8H3. The zero-order chi connectivity index (χ0) is 24.2. The van der Waals surface area contributed by atoms with Crippen molar-refractivity contribution in [2.75, 3.05) is 0 Å². The first-order valence-electron chi connectivity index (χ1n) is 14.0. The lowest BCUT2D eigenvalue weighted by Gasteiger charge is -2.26. The Bertz CT molecular complexity index is 526. The van der Waals surface area contributed by atoms with Crippen LogP contribution in [-0.2, 0) is 0 Å². The maximum atomic E-state index is 3.24. The summed E-state index contributed by atoms with van der Waals surface area (Å²) in [5.74, 6) is 11.1. The average Bonchev–Trinajstić information content (AvgIpc) is 2.77. The highest BCUT2D eigenvalue weighted by Gasteiger charge is 2.19. The van der Waals surface area contributed by atoms with E-state index in [-0.39, 0.29) is 0 Å². The molecule has 0 aromatic carbocycles. The molecule has 186 valence electrons. The number of hydrogen-bond donors (Lipinski definition) is 0. The molecule has 0 heterocycles. The van der Waals surface area contributed by atoms with Gasteiger partial charge in [-0.2, -0.15) is 0 Å². The fourth-order valence-electron chi connectivity index (χ4n) is 4.84. The first-order valence-corrected chi connectivity index (χ1v) is 14.0. The van der Waals surface area contributed by atoms with Crippen LogP contribution in [0.4, 0.5) is 0 Å². The van der Waals surface area contributed by atoms with Crippen LogP contribution >= 0.6 is 0 Å². The maximum absolute atomic E-state index is 3.24. The number of unbranched alkanes of at least 4 members (excludes halogenated alkanes) is 2. The van der Waals surface area contributed by atoms with E-state index < -0.39 is 0 Å². The molecular weight excluding hydrogens is 384 g/mol. The summed E-state index contributed by atoms with van der Waals surface area (Å²) in [7, 11) is 0. The van der Waals surface area contributed by atoms with Gasteiger partial charge in [0.25, 0.3) is 0 Å². The molecule has 0 aliphatic carbocycles. The summed E-state index contributed by atoms with van der Waals surface area (Å²) in [6.07, 6.45) is 25.3. The van der Waals surface area contributed by atoms with Crippen molar-refractivity contribution in [3.8, 4) is 11.8 Å². The van der Waals surface area contributed by atoms with E-state index in [2.05, 4.69) is 84.6 Å². The van der Waals surface area contributed by atoms with E-state index in [0.717, 1.165) is 41.9 Å². The highest BCUT2D eigenvalue weighted by atomic mass is 14.2. The van der Waals surface area contributed by atoms with Gasteiger partial charge in [-0.1, -0.05) is 117 Å². The third-order valence-electron chi connectivity index (χ3n) is 7.52. The monoisotopic (exact) mass is 442 g/mol. The number of hydrogen-bond acceptors (Lipinski definition) is 0. The van der Waals surface area contributed by atoms with Crippen molar-refractivity contribution < 1.29 is 0 Å². The Hall–Kier alpha value is -0.960. The van der Waals surface area contributed by atoms with Crippen LogP contribution in [0.5, 0.6) is 0 Å². The molecule has 0 aliphatic rings. The summed E-state index contributed by atoms with van der Waals surface area (Å²) < 4.78 is 0. The summed E-state index contributed by atoms with van der Waals surface area (Å²) in [5.41, 5.74) is 0. The molecule has 5 unspecified atom stereocenters. The Morgan fingerprint density at radius 3 is 2.03 bits per heavy atom. The Morgan fingerprint density at radius 2 is 1.41 bits per heavy atom. The van der Waals surface area contributed by atoms with Crippen molar-refractivity contribution in [1.82, 2.24) is 0 Å². The molecule has 0 heteroatoms. The lowest BCUT2D eigenvalue weighted by Crippen LogP contribution is -2.15. The summed E-state index contributed by atoms with van der Waals surface area (Å²) in [6, 6.07) is 0. The summed E-state index contributed by atoms with van der Waals surface area (Å²) in [6.45, 7) is 18.5. The lowest BCUT2D eigenvalue weighted by molar-refractivity contribution is 0.276. The Labute approximate surface area is 204 Å². The highest BCUT2D eigenvalue weighted by Crippen LogP contribution is 2.31. The molecule has 0 bridgehead atoms. The summed E-state index contributed by atoms with van der Waals surface area (Å²) >= 11 is 0. The molecule has 0 rings (SSSR count).